The van der Waals surface area contributed by atoms with Crippen LogP contribution in [0.2, 0.25) is 0 Å². The number of likely N-dealkylation sites (tertiary alicyclic amines) is 1. The van der Waals surface area contributed by atoms with Crippen LogP contribution < -0.4 is 0 Å². The smallest absolute Gasteiger partial charge is 0.257 e. The molecule has 1 fully saturated rings. The lowest BCUT2D eigenvalue weighted by Crippen LogP contribution is -2.31. The summed E-state index contributed by atoms with van der Waals surface area (Å²) in [6, 6.07) is 0.101. The monoisotopic (exact) mass is 259 g/mol. The first-order valence-electron chi connectivity index (χ1n) is 6.49. The lowest BCUT2D eigenvalue weighted by Gasteiger charge is -2.24. The Labute approximate surface area is 111 Å². The number of hydrogen-bond acceptors (Lipinski definition) is 3. The summed E-state index contributed by atoms with van der Waals surface area (Å²) in [4.78, 5) is 14.5. The minimum Gasteiger partial charge on any atom is -0.330 e. The lowest BCUT2D eigenvalue weighted by molar-refractivity contribution is 0.0732. The van der Waals surface area contributed by atoms with Gasteiger partial charge in [-0.05, 0) is 32.3 Å². The van der Waals surface area contributed by atoms with E-state index in [1.807, 2.05) is 18.7 Å². The molecule has 2 aromatic rings. The Bertz CT molecular complexity index is 600. The highest BCUT2D eigenvalue weighted by Crippen LogP contribution is 2.33. The molecule has 6 nitrogen and oxygen atoms in total. The van der Waals surface area contributed by atoms with Gasteiger partial charge in [-0.25, -0.2) is 0 Å². The molecule has 0 unspecified atom stereocenters. The molecule has 0 aliphatic carbocycles. The van der Waals surface area contributed by atoms with Gasteiger partial charge in [-0.3, -0.25) is 15.0 Å². The van der Waals surface area contributed by atoms with Crippen molar-refractivity contribution in [3.05, 3.63) is 34.9 Å². The third-order valence-electron chi connectivity index (χ3n) is 3.78. The van der Waals surface area contributed by atoms with Gasteiger partial charge in [-0.2, -0.15) is 10.2 Å². The predicted molar refractivity (Wildman–Crippen MR) is 69.7 cm³/mol. The average Bonchev–Trinajstić information content (AvgIpc) is 3.07. The van der Waals surface area contributed by atoms with Gasteiger partial charge in [0.25, 0.3) is 5.91 Å². The van der Waals surface area contributed by atoms with Crippen LogP contribution in [0, 0.1) is 13.8 Å². The van der Waals surface area contributed by atoms with E-state index in [9.17, 15) is 4.79 Å². The Morgan fingerprint density at radius 1 is 1.32 bits per heavy atom. The minimum atomic E-state index is 0.0442. The third-order valence-corrected chi connectivity index (χ3v) is 3.78. The summed E-state index contributed by atoms with van der Waals surface area (Å²) in [6.45, 7) is 4.67. The van der Waals surface area contributed by atoms with Crippen LogP contribution in [0.1, 0.15) is 46.2 Å². The number of aromatic nitrogens is 4. The van der Waals surface area contributed by atoms with E-state index in [2.05, 4.69) is 20.4 Å². The zero-order valence-corrected chi connectivity index (χ0v) is 11.1. The number of nitrogens with one attached hydrogen (secondary N) is 2. The van der Waals surface area contributed by atoms with Crippen molar-refractivity contribution in [3.8, 4) is 0 Å². The van der Waals surface area contributed by atoms with Gasteiger partial charge in [0.05, 0.1) is 29.7 Å². The Kier molecular flexibility index (Phi) is 2.85. The highest BCUT2D eigenvalue weighted by atomic mass is 16.2. The van der Waals surface area contributed by atoms with Crippen molar-refractivity contribution in [2.24, 2.45) is 0 Å². The van der Waals surface area contributed by atoms with Crippen molar-refractivity contribution in [3.63, 3.8) is 0 Å². The Balaban J connectivity index is 1.90. The van der Waals surface area contributed by atoms with Crippen LogP contribution in [-0.4, -0.2) is 37.7 Å². The number of hydrogen-bond donors (Lipinski definition) is 2. The fourth-order valence-electron chi connectivity index (χ4n) is 2.72. The SMILES string of the molecule is Cc1cn[nH]c1[C@H]1CCCN1C(=O)c1cn[nH]c1C. The fraction of sp³-hybridized carbons (Fsp3) is 0.462. The van der Waals surface area contributed by atoms with Gasteiger partial charge >= 0.3 is 0 Å². The number of rotatable bonds is 2. The molecule has 2 N–H and O–H groups in total. The molecule has 0 bridgehead atoms. The van der Waals surface area contributed by atoms with E-state index in [1.54, 1.807) is 12.4 Å². The average molecular weight is 259 g/mol. The fourth-order valence-corrected chi connectivity index (χ4v) is 2.72. The molecule has 19 heavy (non-hydrogen) atoms. The van der Waals surface area contributed by atoms with E-state index in [0.29, 0.717) is 5.56 Å². The molecule has 1 aliphatic heterocycles. The summed E-state index contributed by atoms with van der Waals surface area (Å²) in [5.41, 5.74) is 3.63. The summed E-state index contributed by atoms with van der Waals surface area (Å²) in [5.74, 6) is 0.0442. The molecular weight excluding hydrogens is 242 g/mol. The summed E-state index contributed by atoms with van der Waals surface area (Å²) in [7, 11) is 0. The molecular formula is C13H17N5O. The molecule has 0 radical (unpaired) electrons. The number of aryl methyl sites for hydroxylation is 2. The van der Waals surface area contributed by atoms with Gasteiger partial charge in [0.2, 0.25) is 0 Å². The quantitative estimate of drug-likeness (QED) is 0.862. The van der Waals surface area contributed by atoms with E-state index < -0.39 is 0 Å². The van der Waals surface area contributed by atoms with Gasteiger partial charge < -0.3 is 4.90 Å². The topological polar surface area (TPSA) is 77.7 Å². The van der Waals surface area contributed by atoms with Crippen LogP contribution in [0.3, 0.4) is 0 Å². The summed E-state index contributed by atoms with van der Waals surface area (Å²) in [6.07, 6.45) is 5.41. The zero-order chi connectivity index (χ0) is 13.4. The molecule has 0 saturated carbocycles. The molecule has 3 rings (SSSR count). The first-order chi connectivity index (χ1) is 9.18. The van der Waals surface area contributed by atoms with E-state index in [0.717, 1.165) is 36.3 Å². The van der Waals surface area contributed by atoms with Gasteiger partial charge in [0, 0.05) is 12.2 Å². The van der Waals surface area contributed by atoms with Crippen LogP contribution >= 0.6 is 0 Å². The minimum absolute atomic E-state index is 0.0442. The number of nitrogens with zero attached hydrogens (tertiary/aromatic N) is 3. The van der Waals surface area contributed by atoms with Crippen molar-refractivity contribution in [2.45, 2.75) is 32.7 Å². The molecule has 6 heteroatoms. The second-order valence-corrected chi connectivity index (χ2v) is 5.03. The van der Waals surface area contributed by atoms with Crippen molar-refractivity contribution in [1.82, 2.24) is 25.3 Å². The zero-order valence-electron chi connectivity index (χ0n) is 11.1. The van der Waals surface area contributed by atoms with Crippen molar-refractivity contribution in [2.75, 3.05) is 6.54 Å². The first kappa shape index (κ1) is 12.0. The van der Waals surface area contributed by atoms with Crippen LogP contribution in [0.15, 0.2) is 12.4 Å². The molecule has 1 amide bonds. The number of carbonyl (C=O) groups is 1. The van der Waals surface area contributed by atoms with Crippen molar-refractivity contribution >= 4 is 5.91 Å². The summed E-state index contributed by atoms with van der Waals surface area (Å²) in [5, 5.41) is 13.8. The molecule has 1 atom stereocenters. The number of H-pyrrole nitrogens is 2. The van der Waals surface area contributed by atoms with E-state index >= 15 is 0 Å². The highest BCUT2D eigenvalue weighted by Gasteiger charge is 2.33. The maximum absolute atomic E-state index is 12.6. The predicted octanol–water partition coefficient (Wildman–Crippen LogP) is 1.73. The number of aromatic amines is 2. The number of amides is 1. The van der Waals surface area contributed by atoms with Gasteiger partial charge in [-0.15, -0.1) is 0 Å². The van der Waals surface area contributed by atoms with E-state index in [1.165, 1.54) is 0 Å². The normalized spacial score (nSPS) is 19.1. The Morgan fingerprint density at radius 2 is 2.11 bits per heavy atom. The van der Waals surface area contributed by atoms with Crippen LogP contribution in [-0.2, 0) is 0 Å². The third kappa shape index (κ3) is 1.93. The molecule has 3 heterocycles. The van der Waals surface area contributed by atoms with Crippen LogP contribution in [0.5, 0.6) is 0 Å². The lowest BCUT2D eigenvalue weighted by atomic mass is 10.1. The standard InChI is InChI=1S/C13H17N5O/c1-8-6-14-17-12(8)11-4-3-5-18(11)13(19)10-7-15-16-9(10)2/h6-7,11H,3-5H2,1-2H3,(H,14,17)(H,15,16)/t11-/m1/s1. The molecule has 1 saturated heterocycles. The highest BCUT2D eigenvalue weighted by molar-refractivity contribution is 5.95. The largest absolute Gasteiger partial charge is 0.330 e. The Hall–Kier alpha value is -2.11. The molecule has 0 spiro atoms. The van der Waals surface area contributed by atoms with E-state index in [-0.39, 0.29) is 11.9 Å². The number of carbonyl (C=O) groups excluding carboxylic acids is 1. The second-order valence-electron chi connectivity index (χ2n) is 5.03. The van der Waals surface area contributed by atoms with Gasteiger partial charge in [0.15, 0.2) is 0 Å². The van der Waals surface area contributed by atoms with Gasteiger partial charge in [-0.1, -0.05) is 0 Å². The van der Waals surface area contributed by atoms with Crippen molar-refractivity contribution < 1.29 is 4.79 Å². The van der Waals surface area contributed by atoms with E-state index in [4.69, 9.17) is 0 Å². The molecule has 2 aromatic heterocycles. The van der Waals surface area contributed by atoms with Crippen LogP contribution in [0.25, 0.3) is 0 Å². The molecule has 0 aromatic carbocycles. The first-order valence-corrected chi connectivity index (χ1v) is 6.49. The van der Waals surface area contributed by atoms with Crippen molar-refractivity contribution in [1.29, 1.82) is 0 Å². The second kappa shape index (κ2) is 4.53. The Morgan fingerprint density at radius 3 is 2.74 bits per heavy atom. The maximum atomic E-state index is 12.6. The van der Waals surface area contributed by atoms with Gasteiger partial charge in [0.1, 0.15) is 0 Å². The summed E-state index contributed by atoms with van der Waals surface area (Å²) >= 11 is 0. The maximum Gasteiger partial charge on any atom is 0.257 e. The molecule has 100 valence electrons. The molecule has 1 aliphatic rings. The van der Waals surface area contributed by atoms with Crippen LogP contribution in [0.4, 0.5) is 0 Å². The summed E-state index contributed by atoms with van der Waals surface area (Å²) < 4.78 is 0.